The van der Waals surface area contributed by atoms with Crippen molar-refractivity contribution < 1.29 is 9.18 Å². The van der Waals surface area contributed by atoms with Gasteiger partial charge in [-0.25, -0.2) is 4.39 Å². The quantitative estimate of drug-likeness (QED) is 0.849. The summed E-state index contributed by atoms with van der Waals surface area (Å²) in [5.74, 6) is 0.334. The van der Waals surface area contributed by atoms with Gasteiger partial charge in [0.25, 0.3) is 5.56 Å². The number of pyridine rings is 1. The lowest BCUT2D eigenvalue weighted by Gasteiger charge is -2.42. The average molecular weight is 326 g/mol. The molecule has 0 radical (unpaired) electrons. The third kappa shape index (κ3) is 2.75. The van der Waals surface area contributed by atoms with Gasteiger partial charge in [-0.2, -0.15) is 0 Å². The van der Waals surface area contributed by atoms with E-state index < -0.39 is 0 Å². The normalized spacial score (nSPS) is 22.1. The minimum atomic E-state index is -0.291. The Morgan fingerprint density at radius 1 is 1.08 bits per heavy atom. The number of rotatable bonds is 2. The van der Waals surface area contributed by atoms with Crippen LogP contribution >= 0.6 is 0 Å². The van der Waals surface area contributed by atoms with Crippen molar-refractivity contribution in [3.8, 4) is 0 Å². The van der Waals surface area contributed by atoms with Crippen LogP contribution in [0.3, 0.4) is 0 Å². The van der Waals surface area contributed by atoms with Crippen LogP contribution in [0.25, 0.3) is 0 Å². The number of aromatic nitrogens is 1. The van der Waals surface area contributed by atoms with Crippen molar-refractivity contribution in [2.45, 2.75) is 25.3 Å². The van der Waals surface area contributed by atoms with Crippen molar-refractivity contribution in [2.75, 3.05) is 13.1 Å². The van der Waals surface area contributed by atoms with Crippen molar-refractivity contribution in [1.29, 1.82) is 0 Å². The number of halogens is 1. The highest BCUT2D eigenvalue weighted by atomic mass is 19.1. The van der Waals surface area contributed by atoms with Gasteiger partial charge >= 0.3 is 0 Å². The molecule has 0 aliphatic carbocycles. The van der Waals surface area contributed by atoms with Crippen molar-refractivity contribution in [3.05, 3.63) is 69.9 Å². The van der Waals surface area contributed by atoms with Gasteiger partial charge in [-0.3, -0.25) is 9.59 Å². The van der Waals surface area contributed by atoms with E-state index in [9.17, 15) is 14.0 Å². The number of carbonyl (C=O) groups excluding carboxylic acids is 1. The first kappa shape index (κ1) is 15.1. The Balaban J connectivity index is 1.52. The lowest BCUT2D eigenvalue weighted by Crippen LogP contribution is -2.49. The summed E-state index contributed by atoms with van der Waals surface area (Å²) in [5.41, 5.74) is 1.92. The van der Waals surface area contributed by atoms with E-state index in [-0.39, 0.29) is 23.2 Å². The van der Waals surface area contributed by atoms with Crippen LogP contribution in [-0.2, 0) is 17.8 Å². The van der Waals surface area contributed by atoms with Crippen LogP contribution in [0.1, 0.15) is 23.6 Å². The van der Waals surface area contributed by atoms with Crippen LogP contribution in [0.2, 0.25) is 0 Å². The summed E-state index contributed by atoms with van der Waals surface area (Å²) in [6.45, 7) is 2.03. The summed E-state index contributed by atoms with van der Waals surface area (Å²) in [4.78, 5) is 26.6. The van der Waals surface area contributed by atoms with Crippen molar-refractivity contribution in [3.63, 3.8) is 0 Å². The largest absolute Gasteiger partial charge is 0.341 e. The van der Waals surface area contributed by atoms with Gasteiger partial charge in [0.2, 0.25) is 5.91 Å². The van der Waals surface area contributed by atoms with E-state index in [0.29, 0.717) is 32.0 Å². The molecule has 2 aliphatic rings. The van der Waals surface area contributed by atoms with Gasteiger partial charge in [0.05, 0.1) is 6.42 Å². The molecule has 5 heteroatoms. The van der Waals surface area contributed by atoms with E-state index >= 15 is 0 Å². The average Bonchev–Trinajstić information content (AvgIpc) is 2.58. The third-order valence-electron chi connectivity index (χ3n) is 5.10. The molecule has 124 valence electrons. The first-order valence-corrected chi connectivity index (χ1v) is 8.32. The molecule has 4 nitrogen and oxygen atoms in total. The number of piperidine rings is 1. The van der Waals surface area contributed by atoms with E-state index in [1.807, 2.05) is 15.5 Å². The number of hydrogen-bond donors (Lipinski definition) is 0. The van der Waals surface area contributed by atoms with Crippen molar-refractivity contribution >= 4 is 5.91 Å². The number of hydrogen-bond acceptors (Lipinski definition) is 2. The predicted molar refractivity (Wildman–Crippen MR) is 88.2 cm³/mol. The molecule has 0 saturated carbocycles. The zero-order valence-electron chi connectivity index (χ0n) is 13.3. The third-order valence-corrected chi connectivity index (χ3v) is 5.10. The van der Waals surface area contributed by atoms with E-state index in [1.54, 1.807) is 24.3 Å². The highest BCUT2D eigenvalue weighted by molar-refractivity contribution is 5.79. The van der Waals surface area contributed by atoms with Crippen LogP contribution < -0.4 is 5.56 Å². The highest BCUT2D eigenvalue weighted by Gasteiger charge is 2.36. The zero-order valence-corrected chi connectivity index (χ0v) is 13.3. The van der Waals surface area contributed by atoms with Gasteiger partial charge < -0.3 is 9.47 Å². The molecule has 1 fully saturated rings. The molecule has 0 N–H and O–H groups in total. The molecule has 1 saturated heterocycles. The molecular weight excluding hydrogens is 307 g/mol. The lowest BCUT2D eigenvalue weighted by atomic mass is 9.83. The first-order chi connectivity index (χ1) is 11.6. The van der Waals surface area contributed by atoms with Crippen LogP contribution in [0.5, 0.6) is 0 Å². The Morgan fingerprint density at radius 2 is 1.88 bits per heavy atom. The van der Waals surface area contributed by atoms with E-state index in [0.717, 1.165) is 17.7 Å². The standard InChI is InChI=1S/C19H19FN2O2/c20-16-6-4-13(5-7-16)9-19(24)21-10-14-8-15(12-21)17-2-1-3-18(23)22(17)11-14/h1-7,14-15H,8-12H2/t14-,15+/m1/s1. The monoisotopic (exact) mass is 326 g/mol. The SMILES string of the molecule is O=C(Cc1ccc(F)cc1)N1C[C@H]2C[C@@H](C1)c1cccc(=O)n1C2. The van der Waals surface area contributed by atoms with Gasteiger partial charge in [-0.1, -0.05) is 18.2 Å². The van der Waals surface area contributed by atoms with Crippen molar-refractivity contribution in [2.24, 2.45) is 5.92 Å². The second-order valence-electron chi connectivity index (χ2n) is 6.80. The molecule has 2 bridgehead atoms. The number of nitrogens with zero attached hydrogens (tertiary/aromatic N) is 2. The fraction of sp³-hybridized carbons (Fsp3) is 0.368. The lowest BCUT2D eigenvalue weighted by molar-refractivity contribution is -0.133. The zero-order chi connectivity index (χ0) is 16.7. The summed E-state index contributed by atoms with van der Waals surface area (Å²) in [6.07, 6.45) is 1.32. The maximum absolute atomic E-state index is 13.0. The Morgan fingerprint density at radius 3 is 2.67 bits per heavy atom. The van der Waals surface area contributed by atoms with E-state index in [4.69, 9.17) is 0 Å². The van der Waals surface area contributed by atoms with Gasteiger partial charge in [-0.05, 0) is 36.1 Å². The number of benzene rings is 1. The number of fused-ring (bicyclic) bond motifs is 4. The summed E-state index contributed by atoms with van der Waals surface area (Å²) < 4.78 is 14.8. The summed E-state index contributed by atoms with van der Waals surface area (Å²) in [5, 5.41) is 0. The maximum atomic E-state index is 13.0. The second-order valence-corrected chi connectivity index (χ2v) is 6.80. The second kappa shape index (κ2) is 5.89. The molecule has 2 aromatic rings. The molecule has 2 atom stereocenters. The molecule has 1 aromatic carbocycles. The molecule has 0 spiro atoms. The maximum Gasteiger partial charge on any atom is 0.250 e. The minimum Gasteiger partial charge on any atom is -0.341 e. The molecule has 1 amide bonds. The number of likely N-dealkylation sites (tertiary alicyclic amines) is 1. The highest BCUT2D eigenvalue weighted by Crippen LogP contribution is 2.35. The van der Waals surface area contributed by atoms with Crippen molar-refractivity contribution in [1.82, 2.24) is 9.47 Å². The summed E-state index contributed by atoms with van der Waals surface area (Å²) in [6, 6.07) is 11.5. The summed E-state index contributed by atoms with van der Waals surface area (Å²) in [7, 11) is 0. The summed E-state index contributed by atoms with van der Waals surface area (Å²) >= 11 is 0. The molecule has 3 heterocycles. The van der Waals surface area contributed by atoms with Gasteiger partial charge in [0, 0.05) is 37.3 Å². The first-order valence-electron chi connectivity index (χ1n) is 8.32. The van der Waals surface area contributed by atoms with Crippen LogP contribution in [0.4, 0.5) is 4.39 Å². The van der Waals surface area contributed by atoms with Crippen LogP contribution in [-0.4, -0.2) is 28.5 Å². The Kier molecular flexibility index (Phi) is 3.71. The molecular formula is C19H19FN2O2. The van der Waals surface area contributed by atoms with E-state index in [1.165, 1.54) is 12.1 Å². The van der Waals surface area contributed by atoms with E-state index in [2.05, 4.69) is 0 Å². The fourth-order valence-corrected chi connectivity index (χ4v) is 3.99. The Labute approximate surface area is 139 Å². The molecule has 24 heavy (non-hydrogen) atoms. The number of carbonyl (C=O) groups is 1. The van der Waals surface area contributed by atoms with Gasteiger partial charge in [-0.15, -0.1) is 0 Å². The smallest absolute Gasteiger partial charge is 0.250 e. The van der Waals surface area contributed by atoms with Gasteiger partial charge in [0.1, 0.15) is 5.82 Å². The minimum absolute atomic E-state index is 0.0493. The molecule has 0 unspecified atom stereocenters. The number of amides is 1. The van der Waals surface area contributed by atoms with Crippen LogP contribution in [0, 0.1) is 11.7 Å². The fourth-order valence-electron chi connectivity index (χ4n) is 3.99. The topological polar surface area (TPSA) is 42.3 Å². The Hall–Kier alpha value is -2.43. The van der Waals surface area contributed by atoms with Crippen LogP contribution in [0.15, 0.2) is 47.3 Å². The molecule has 2 aliphatic heterocycles. The Bertz CT molecular complexity index is 828. The van der Waals surface area contributed by atoms with Gasteiger partial charge in [0.15, 0.2) is 0 Å². The molecule has 1 aromatic heterocycles. The predicted octanol–water partition coefficient (Wildman–Crippen LogP) is 2.18. The molecule has 4 rings (SSSR count).